The summed E-state index contributed by atoms with van der Waals surface area (Å²) in [7, 11) is 0. The third-order valence-electron chi connectivity index (χ3n) is 4.69. The summed E-state index contributed by atoms with van der Waals surface area (Å²) in [5, 5.41) is 9.42. The SMILES string of the molecule is Cc1cc(C)c(C#N)c(-c2ccc(C(=O)N3CCC(N)CC3)cc2)n1. The quantitative estimate of drug-likeness (QED) is 0.915. The van der Waals surface area contributed by atoms with Crippen molar-refractivity contribution >= 4 is 5.91 Å². The molecule has 1 saturated heterocycles. The van der Waals surface area contributed by atoms with Crippen molar-refractivity contribution in [3.63, 3.8) is 0 Å². The highest BCUT2D eigenvalue weighted by Gasteiger charge is 2.21. The van der Waals surface area contributed by atoms with Crippen molar-refractivity contribution in [1.29, 1.82) is 5.26 Å². The van der Waals surface area contributed by atoms with Gasteiger partial charge in [0, 0.05) is 36.0 Å². The average Bonchev–Trinajstić information content (AvgIpc) is 2.61. The largest absolute Gasteiger partial charge is 0.339 e. The van der Waals surface area contributed by atoms with E-state index in [4.69, 9.17) is 5.73 Å². The summed E-state index contributed by atoms with van der Waals surface area (Å²) in [5.41, 5.74) is 10.4. The van der Waals surface area contributed by atoms with E-state index in [1.807, 2.05) is 49.1 Å². The van der Waals surface area contributed by atoms with E-state index < -0.39 is 0 Å². The lowest BCUT2D eigenvalue weighted by Crippen LogP contribution is -2.42. The number of aromatic nitrogens is 1. The topological polar surface area (TPSA) is 83.0 Å². The van der Waals surface area contributed by atoms with Crippen molar-refractivity contribution in [3.05, 3.63) is 52.7 Å². The minimum atomic E-state index is 0.0346. The number of carbonyl (C=O) groups excluding carboxylic acids is 1. The van der Waals surface area contributed by atoms with Crippen LogP contribution in [-0.4, -0.2) is 34.9 Å². The third-order valence-corrected chi connectivity index (χ3v) is 4.69. The van der Waals surface area contributed by atoms with Crippen LogP contribution in [0.15, 0.2) is 30.3 Å². The summed E-state index contributed by atoms with van der Waals surface area (Å²) in [4.78, 5) is 19.0. The Bertz CT molecular complexity index is 828. The number of piperidine rings is 1. The summed E-state index contributed by atoms with van der Waals surface area (Å²) < 4.78 is 0. The number of likely N-dealkylation sites (tertiary alicyclic amines) is 1. The van der Waals surface area contributed by atoms with Crippen LogP contribution in [0, 0.1) is 25.2 Å². The maximum absolute atomic E-state index is 12.6. The molecule has 1 fully saturated rings. The van der Waals surface area contributed by atoms with Gasteiger partial charge in [-0.15, -0.1) is 0 Å². The van der Waals surface area contributed by atoms with Crippen LogP contribution in [0.4, 0.5) is 0 Å². The van der Waals surface area contributed by atoms with Crippen LogP contribution in [0.5, 0.6) is 0 Å². The number of benzene rings is 1. The number of hydrogen-bond donors (Lipinski definition) is 1. The van der Waals surface area contributed by atoms with Crippen LogP contribution in [0.2, 0.25) is 0 Å². The normalized spacial score (nSPS) is 15.0. The number of nitriles is 1. The Labute approximate surface area is 148 Å². The Morgan fingerprint density at radius 3 is 2.48 bits per heavy atom. The molecular weight excluding hydrogens is 312 g/mol. The van der Waals surface area contributed by atoms with Crippen molar-refractivity contribution in [2.75, 3.05) is 13.1 Å². The first-order chi connectivity index (χ1) is 12.0. The molecule has 128 valence electrons. The van der Waals surface area contributed by atoms with Crippen LogP contribution < -0.4 is 5.73 Å². The molecule has 0 bridgehead atoms. The molecule has 2 N–H and O–H groups in total. The minimum Gasteiger partial charge on any atom is -0.339 e. The molecule has 0 spiro atoms. The van der Waals surface area contributed by atoms with Crippen molar-refractivity contribution < 1.29 is 4.79 Å². The van der Waals surface area contributed by atoms with Gasteiger partial charge in [-0.05, 0) is 50.5 Å². The molecule has 0 unspecified atom stereocenters. The lowest BCUT2D eigenvalue weighted by atomic mass is 10.00. The maximum atomic E-state index is 12.6. The van der Waals surface area contributed by atoms with Crippen molar-refractivity contribution in [1.82, 2.24) is 9.88 Å². The summed E-state index contributed by atoms with van der Waals surface area (Å²) in [6.07, 6.45) is 1.70. The van der Waals surface area contributed by atoms with Gasteiger partial charge in [-0.2, -0.15) is 5.26 Å². The lowest BCUT2D eigenvalue weighted by Gasteiger charge is -2.30. The Kier molecular flexibility index (Phi) is 4.82. The fraction of sp³-hybridized carbons (Fsp3) is 0.350. The first kappa shape index (κ1) is 17.1. The number of nitrogens with two attached hydrogens (primary N) is 1. The molecule has 5 nitrogen and oxygen atoms in total. The van der Waals surface area contributed by atoms with Gasteiger partial charge in [0.05, 0.1) is 11.3 Å². The van der Waals surface area contributed by atoms with Gasteiger partial charge in [-0.3, -0.25) is 9.78 Å². The smallest absolute Gasteiger partial charge is 0.253 e. The zero-order chi connectivity index (χ0) is 18.0. The Morgan fingerprint density at radius 1 is 1.24 bits per heavy atom. The number of nitrogens with zero attached hydrogens (tertiary/aromatic N) is 3. The van der Waals surface area contributed by atoms with E-state index in [1.54, 1.807) is 0 Å². The van der Waals surface area contributed by atoms with E-state index in [2.05, 4.69) is 11.1 Å². The number of amides is 1. The molecule has 0 atom stereocenters. The average molecular weight is 334 g/mol. The minimum absolute atomic E-state index is 0.0346. The summed E-state index contributed by atoms with van der Waals surface area (Å²) in [5.74, 6) is 0.0346. The molecule has 0 saturated carbocycles. The molecule has 5 heteroatoms. The fourth-order valence-corrected chi connectivity index (χ4v) is 3.24. The predicted molar refractivity (Wildman–Crippen MR) is 97.0 cm³/mol. The molecule has 1 aliphatic rings. The van der Waals surface area contributed by atoms with Gasteiger partial charge >= 0.3 is 0 Å². The van der Waals surface area contributed by atoms with Crippen LogP contribution in [0.1, 0.15) is 40.0 Å². The Morgan fingerprint density at radius 2 is 1.88 bits per heavy atom. The molecule has 2 aromatic rings. The van der Waals surface area contributed by atoms with Gasteiger partial charge in [-0.1, -0.05) is 12.1 Å². The number of hydrogen-bond acceptors (Lipinski definition) is 4. The van der Waals surface area contributed by atoms with Crippen molar-refractivity contribution in [2.24, 2.45) is 5.73 Å². The number of pyridine rings is 1. The third kappa shape index (κ3) is 3.54. The van der Waals surface area contributed by atoms with E-state index in [0.29, 0.717) is 29.9 Å². The molecule has 3 rings (SSSR count). The van der Waals surface area contributed by atoms with Crippen molar-refractivity contribution in [2.45, 2.75) is 32.7 Å². The summed E-state index contributed by atoms with van der Waals surface area (Å²) >= 11 is 0. The molecule has 1 aromatic carbocycles. The Hall–Kier alpha value is -2.71. The molecule has 1 aliphatic heterocycles. The second kappa shape index (κ2) is 7.04. The molecule has 0 aliphatic carbocycles. The fourth-order valence-electron chi connectivity index (χ4n) is 3.24. The van der Waals surface area contributed by atoms with Gasteiger partial charge in [-0.25, -0.2) is 0 Å². The van der Waals surface area contributed by atoms with Crippen LogP contribution in [0.25, 0.3) is 11.3 Å². The summed E-state index contributed by atoms with van der Waals surface area (Å²) in [6.45, 7) is 5.24. The molecule has 0 radical (unpaired) electrons. The highest BCUT2D eigenvalue weighted by Crippen LogP contribution is 2.25. The monoisotopic (exact) mass is 334 g/mol. The van der Waals surface area contributed by atoms with Gasteiger partial charge in [0.15, 0.2) is 0 Å². The number of carbonyl (C=O) groups is 1. The maximum Gasteiger partial charge on any atom is 0.253 e. The first-order valence-corrected chi connectivity index (χ1v) is 8.53. The van der Waals surface area contributed by atoms with Crippen molar-refractivity contribution in [3.8, 4) is 17.3 Å². The van der Waals surface area contributed by atoms with Crippen LogP contribution in [-0.2, 0) is 0 Å². The summed E-state index contributed by atoms with van der Waals surface area (Å²) in [6, 6.07) is 11.7. The molecule has 1 amide bonds. The second-order valence-corrected chi connectivity index (χ2v) is 6.62. The van der Waals surface area contributed by atoms with Gasteiger partial charge < -0.3 is 10.6 Å². The lowest BCUT2D eigenvalue weighted by molar-refractivity contribution is 0.0715. The van der Waals surface area contributed by atoms with E-state index in [-0.39, 0.29) is 11.9 Å². The first-order valence-electron chi connectivity index (χ1n) is 8.53. The Balaban J connectivity index is 1.86. The zero-order valence-corrected chi connectivity index (χ0v) is 14.6. The molecular formula is C20H22N4O. The molecule has 2 heterocycles. The van der Waals surface area contributed by atoms with Gasteiger partial charge in [0.25, 0.3) is 5.91 Å². The highest BCUT2D eigenvalue weighted by molar-refractivity contribution is 5.94. The molecule has 25 heavy (non-hydrogen) atoms. The molecule has 1 aromatic heterocycles. The standard InChI is InChI=1S/C20H22N4O/c1-13-11-14(2)23-19(18(13)12-21)15-3-5-16(6-4-15)20(25)24-9-7-17(22)8-10-24/h3-6,11,17H,7-10,22H2,1-2H3. The predicted octanol–water partition coefficient (Wildman–Crippen LogP) is 2.80. The van der Waals surface area contributed by atoms with Gasteiger partial charge in [0.1, 0.15) is 6.07 Å². The number of aryl methyl sites for hydroxylation is 2. The van der Waals surface area contributed by atoms with Gasteiger partial charge in [0.2, 0.25) is 0 Å². The van der Waals surface area contributed by atoms with E-state index in [0.717, 1.165) is 29.7 Å². The van der Waals surface area contributed by atoms with Crippen LogP contribution >= 0.6 is 0 Å². The van der Waals surface area contributed by atoms with E-state index in [9.17, 15) is 10.1 Å². The van der Waals surface area contributed by atoms with Crippen LogP contribution in [0.3, 0.4) is 0 Å². The van der Waals surface area contributed by atoms with E-state index >= 15 is 0 Å². The van der Waals surface area contributed by atoms with E-state index in [1.165, 1.54) is 0 Å². The number of rotatable bonds is 2. The highest BCUT2D eigenvalue weighted by atomic mass is 16.2. The second-order valence-electron chi connectivity index (χ2n) is 6.62. The zero-order valence-electron chi connectivity index (χ0n) is 14.6.